The molecule has 0 aliphatic heterocycles. The molecule has 0 saturated heterocycles. The highest BCUT2D eigenvalue weighted by molar-refractivity contribution is 5.52. The first kappa shape index (κ1) is 17.6. The molecule has 0 amide bonds. The van der Waals surface area contributed by atoms with Crippen molar-refractivity contribution in [3.63, 3.8) is 0 Å². The van der Waals surface area contributed by atoms with Crippen molar-refractivity contribution >= 4 is 12.6 Å². The van der Waals surface area contributed by atoms with Crippen LogP contribution in [0.3, 0.4) is 0 Å². The summed E-state index contributed by atoms with van der Waals surface area (Å²) in [5.74, 6) is 0. The molecule has 0 fully saturated rings. The Morgan fingerprint density at radius 2 is 1.06 bits per heavy atom. The number of unbranched alkanes of at least 4 members (excludes halogenated alkanes) is 2. The van der Waals surface area contributed by atoms with Crippen LogP contribution in [0.25, 0.3) is 0 Å². The SMILES string of the molecule is O=CCCCC=O.OCC(CO)(CO)CO. The van der Waals surface area contributed by atoms with Crippen molar-refractivity contribution in [2.75, 3.05) is 26.4 Å². The average Bonchev–Trinajstić information content (AvgIpc) is 2.34. The standard InChI is InChI=1S/C5H12O4.C5H8O2/c6-1-5(2-7,3-8)4-9;6-4-2-1-3-5-7/h6-9H,1-4H2;4-5H,1-3H2. The van der Waals surface area contributed by atoms with Gasteiger partial charge in [-0.2, -0.15) is 0 Å². The molecule has 0 rings (SSSR count). The van der Waals surface area contributed by atoms with Crippen LogP contribution in [0.1, 0.15) is 19.3 Å². The van der Waals surface area contributed by atoms with Crippen molar-refractivity contribution in [1.82, 2.24) is 0 Å². The minimum absolute atomic E-state index is 0.406. The normalized spacial score (nSPS) is 10.2. The second-order valence-electron chi connectivity index (χ2n) is 3.40. The third kappa shape index (κ3) is 8.49. The van der Waals surface area contributed by atoms with Gasteiger partial charge in [0.05, 0.1) is 31.8 Å². The lowest BCUT2D eigenvalue weighted by molar-refractivity contribution is -0.108. The maximum absolute atomic E-state index is 9.56. The van der Waals surface area contributed by atoms with Gasteiger partial charge >= 0.3 is 0 Å². The Labute approximate surface area is 94.5 Å². The Morgan fingerprint density at radius 1 is 0.750 bits per heavy atom. The van der Waals surface area contributed by atoms with Gasteiger partial charge in [-0.25, -0.2) is 0 Å². The van der Waals surface area contributed by atoms with E-state index in [9.17, 15) is 9.59 Å². The van der Waals surface area contributed by atoms with E-state index in [1.54, 1.807) is 0 Å². The minimum Gasteiger partial charge on any atom is -0.396 e. The summed E-state index contributed by atoms with van der Waals surface area (Å²) in [6, 6.07) is 0. The molecule has 0 aliphatic carbocycles. The lowest BCUT2D eigenvalue weighted by Crippen LogP contribution is -2.37. The van der Waals surface area contributed by atoms with E-state index in [4.69, 9.17) is 20.4 Å². The van der Waals surface area contributed by atoms with Gasteiger partial charge in [0.25, 0.3) is 0 Å². The third-order valence-electron chi connectivity index (χ3n) is 1.99. The molecule has 16 heavy (non-hydrogen) atoms. The number of carbonyl (C=O) groups is 2. The van der Waals surface area contributed by atoms with Crippen molar-refractivity contribution in [3.8, 4) is 0 Å². The first-order chi connectivity index (χ1) is 7.66. The number of aldehydes is 2. The van der Waals surface area contributed by atoms with E-state index in [1.165, 1.54) is 0 Å². The number of carbonyl (C=O) groups excluding carboxylic acids is 2. The largest absolute Gasteiger partial charge is 0.396 e. The molecule has 0 radical (unpaired) electrons. The van der Waals surface area contributed by atoms with Gasteiger partial charge in [-0.1, -0.05) is 0 Å². The van der Waals surface area contributed by atoms with Crippen LogP contribution >= 0.6 is 0 Å². The van der Waals surface area contributed by atoms with Crippen LogP contribution < -0.4 is 0 Å². The summed E-state index contributed by atoms with van der Waals surface area (Å²) in [7, 11) is 0. The Balaban J connectivity index is 0. The number of hydrogen-bond donors (Lipinski definition) is 4. The van der Waals surface area contributed by atoms with Crippen molar-refractivity contribution < 1.29 is 30.0 Å². The second-order valence-corrected chi connectivity index (χ2v) is 3.40. The molecule has 4 N–H and O–H groups in total. The lowest BCUT2D eigenvalue weighted by Gasteiger charge is -2.23. The fraction of sp³-hybridized carbons (Fsp3) is 0.800. The number of rotatable bonds is 8. The van der Waals surface area contributed by atoms with Crippen molar-refractivity contribution in [3.05, 3.63) is 0 Å². The van der Waals surface area contributed by atoms with Gasteiger partial charge in [-0.3, -0.25) is 0 Å². The van der Waals surface area contributed by atoms with E-state index in [0.717, 1.165) is 12.6 Å². The maximum atomic E-state index is 9.56. The Bertz CT molecular complexity index is 141. The van der Waals surface area contributed by atoms with E-state index in [0.29, 0.717) is 19.3 Å². The lowest BCUT2D eigenvalue weighted by atomic mass is 9.93. The highest BCUT2D eigenvalue weighted by atomic mass is 16.3. The molecular weight excluding hydrogens is 216 g/mol. The van der Waals surface area contributed by atoms with Gasteiger partial charge in [0.1, 0.15) is 12.6 Å². The number of aliphatic hydroxyl groups excluding tert-OH is 4. The molecule has 0 saturated carbocycles. The summed E-state index contributed by atoms with van der Waals surface area (Å²) in [4.78, 5) is 19.1. The summed E-state index contributed by atoms with van der Waals surface area (Å²) in [5, 5.41) is 34.0. The van der Waals surface area contributed by atoms with E-state index in [2.05, 4.69) is 0 Å². The van der Waals surface area contributed by atoms with Crippen LogP contribution in [0.2, 0.25) is 0 Å². The smallest absolute Gasteiger partial charge is 0.120 e. The van der Waals surface area contributed by atoms with Crippen molar-refractivity contribution in [2.45, 2.75) is 19.3 Å². The molecule has 0 bridgehead atoms. The van der Waals surface area contributed by atoms with Gasteiger partial charge in [-0.05, 0) is 6.42 Å². The number of hydrogen-bond acceptors (Lipinski definition) is 6. The molecule has 0 spiro atoms. The molecule has 0 aromatic heterocycles. The second kappa shape index (κ2) is 12.3. The molecule has 0 atom stereocenters. The molecule has 6 heteroatoms. The molecule has 96 valence electrons. The summed E-state index contributed by atoms with van der Waals surface area (Å²) in [6.07, 6.45) is 3.37. The number of aliphatic hydroxyl groups is 4. The quantitative estimate of drug-likeness (QED) is 0.301. The summed E-state index contributed by atoms with van der Waals surface area (Å²) in [6.45, 7) is -1.62. The molecule has 0 unspecified atom stereocenters. The van der Waals surface area contributed by atoms with E-state index in [1.807, 2.05) is 0 Å². The van der Waals surface area contributed by atoms with Crippen LogP contribution in [0.4, 0.5) is 0 Å². The highest BCUT2D eigenvalue weighted by Gasteiger charge is 2.26. The molecule has 0 aliphatic rings. The molecule has 0 heterocycles. The van der Waals surface area contributed by atoms with Crippen LogP contribution in [0.15, 0.2) is 0 Å². The molecule has 0 aromatic carbocycles. The Hall–Kier alpha value is -0.820. The zero-order valence-corrected chi connectivity index (χ0v) is 9.21. The fourth-order valence-corrected chi connectivity index (χ4v) is 0.585. The topological polar surface area (TPSA) is 115 Å². The molecule has 0 aromatic rings. The summed E-state index contributed by atoms with van der Waals surface area (Å²) in [5.41, 5.74) is -1.11. The van der Waals surface area contributed by atoms with E-state index in [-0.39, 0.29) is 0 Å². The summed E-state index contributed by atoms with van der Waals surface area (Å²) >= 11 is 0. The van der Waals surface area contributed by atoms with Gasteiger partial charge < -0.3 is 30.0 Å². The van der Waals surface area contributed by atoms with Crippen molar-refractivity contribution in [2.24, 2.45) is 5.41 Å². The van der Waals surface area contributed by atoms with E-state index < -0.39 is 31.8 Å². The van der Waals surface area contributed by atoms with Crippen LogP contribution in [0.5, 0.6) is 0 Å². The Kier molecular flexibility index (Phi) is 13.5. The molecular formula is C10H20O6. The van der Waals surface area contributed by atoms with Gasteiger partial charge in [0.15, 0.2) is 0 Å². The fourth-order valence-electron chi connectivity index (χ4n) is 0.585. The monoisotopic (exact) mass is 236 g/mol. The Morgan fingerprint density at radius 3 is 1.19 bits per heavy atom. The van der Waals surface area contributed by atoms with Crippen LogP contribution in [-0.2, 0) is 9.59 Å². The predicted octanol–water partition coefficient (Wildman–Crippen LogP) is -1.50. The zero-order valence-electron chi connectivity index (χ0n) is 9.21. The van der Waals surface area contributed by atoms with E-state index >= 15 is 0 Å². The minimum atomic E-state index is -1.11. The van der Waals surface area contributed by atoms with Crippen LogP contribution in [-0.4, -0.2) is 59.4 Å². The third-order valence-corrected chi connectivity index (χ3v) is 1.99. The maximum Gasteiger partial charge on any atom is 0.120 e. The predicted molar refractivity (Wildman–Crippen MR) is 56.8 cm³/mol. The average molecular weight is 236 g/mol. The van der Waals surface area contributed by atoms with Gasteiger partial charge in [0.2, 0.25) is 0 Å². The first-order valence-electron chi connectivity index (χ1n) is 4.97. The first-order valence-corrected chi connectivity index (χ1v) is 4.97. The van der Waals surface area contributed by atoms with Crippen LogP contribution in [0, 0.1) is 5.41 Å². The molecule has 6 nitrogen and oxygen atoms in total. The highest BCUT2D eigenvalue weighted by Crippen LogP contribution is 2.11. The van der Waals surface area contributed by atoms with Gasteiger partial charge in [-0.15, -0.1) is 0 Å². The zero-order chi connectivity index (χ0) is 12.9. The summed E-state index contributed by atoms with van der Waals surface area (Å²) < 4.78 is 0. The van der Waals surface area contributed by atoms with Crippen molar-refractivity contribution in [1.29, 1.82) is 0 Å². The van der Waals surface area contributed by atoms with Gasteiger partial charge in [0, 0.05) is 12.8 Å².